The lowest BCUT2D eigenvalue weighted by atomic mass is 10.3. The van der Waals surface area contributed by atoms with Crippen molar-refractivity contribution >= 4 is 5.78 Å². The fourth-order valence-electron chi connectivity index (χ4n) is 0.415. The SMILES string of the molecule is C=CC(=O)c1cnnnn1. The fourth-order valence-corrected chi connectivity index (χ4v) is 0.415. The van der Waals surface area contributed by atoms with E-state index in [0.29, 0.717) is 0 Å². The Bertz CT molecular complexity index is 245. The highest BCUT2D eigenvalue weighted by Crippen LogP contribution is 1.88. The largest absolute Gasteiger partial charge is 0.287 e. The molecule has 0 aromatic carbocycles. The number of hydrogen-bond donors (Lipinski definition) is 0. The number of hydrogen-bond acceptors (Lipinski definition) is 5. The van der Waals surface area contributed by atoms with Crippen molar-refractivity contribution in [3.05, 3.63) is 24.5 Å². The molecular weight excluding hydrogens is 132 g/mol. The van der Waals surface area contributed by atoms with Crippen molar-refractivity contribution in [3.63, 3.8) is 0 Å². The van der Waals surface area contributed by atoms with Crippen molar-refractivity contribution in [3.8, 4) is 0 Å². The van der Waals surface area contributed by atoms with Crippen LogP contribution in [0.5, 0.6) is 0 Å². The van der Waals surface area contributed by atoms with Crippen LogP contribution in [-0.4, -0.2) is 26.4 Å². The molecule has 1 rings (SSSR count). The van der Waals surface area contributed by atoms with Gasteiger partial charge in [0.15, 0.2) is 5.69 Å². The summed E-state index contributed by atoms with van der Waals surface area (Å²) in [4.78, 5) is 10.7. The fraction of sp³-hybridized carbons (Fsp3) is 0. The summed E-state index contributed by atoms with van der Waals surface area (Å²) in [7, 11) is 0. The predicted octanol–water partition coefficient (Wildman–Crippen LogP) is -0.365. The Labute approximate surface area is 56.8 Å². The van der Waals surface area contributed by atoms with E-state index in [-0.39, 0.29) is 11.5 Å². The Kier molecular flexibility index (Phi) is 1.79. The van der Waals surface area contributed by atoms with E-state index in [1.165, 1.54) is 6.20 Å². The third-order valence-corrected chi connectivity index (χ3v) is 0.862. The van der Waals surface area contributed by atoms with Gasteiger partial charge in [-0.1, -0.05) is 6.58 Å². The van der Waals surface area contributed by atoms with E-state index in [1.807, 2.05) is 0 Å². The average Bonchev–Trinajstić information content (AvgIpc) is 2.05. The van der Waals surface area contributed by atoms with E-state index in [4.69, 9.17) is 0 Å². The number of nitrogens with zero attached hydrogens (tertiary/aromatic N) is 4. The molecule has 0 aliphatic heterocycles. The van der Waals surface area contributed by atoms with Gasteiger partial charge in [0, 0.05) is 0 Å². The molecule has 0 saturated carbocycles. The highest BCUT2D eigenvalue weighted by atomic mass is 16.1. The molecule has 0 radical (unpaired) electrons. The van der Waals surface area contributed by atoms with Gasteiger partial charge >= 0.3 is 0 Å². The van der Waals surface area contributed by atoms with Crippen molar-refractivity contribution in [2.45, 2.75) is 0 Å². The molecule has 5 heteroatoms. The zero-order chi connectivity index (χ0) is 7.40. The number of rotatable bonds is 2. The Balaban J connectivity index is 2.95. The van der Waals surface area contributed by atoms with Gasteiger partial charge in [-0.25, -0.2) is 0 Å². The molecule has 50 valence electrons. The van der Waals surface area contributed by atoms with Gasteiger partial charge in [0.25, 0.3) is 0 Å². The van der Waals surface area contributed by atoms with E-state index in [9.17, 15) is 4.79 Å². The Hall–Kier alpha value is -1.65. The van der Waals surface area contributed by atoms with Crippen LogP contribution in [0.2, 0.25) is 0 Å². The number of allylic oxidation sites excluding steroid dienone is 1. The van der Waals surface area contributed by atoms with Gasteiger partial charge in [-0.3, -0.25) is 4.79 Å². The molecule has 10 heavy (non-hydrogen) atoms. The molecule has 0 unspecified atom stereocenters. The van der Waals surface area contributed by atoms with Gasteiger partial charge in [0.2, 0.25) is 5.78 Å². The minimum absolute atomic E-state index is 0.157. The maximum absolute atomic E-state index is 10.7. The molecule has 0 atom stereocenters. The van der Waals surface area contributed by atoms with Gasteiger partial charge < -0.3 is 0 Å². The van der Waals surface area contributed by atoms with Crippen molar-refractivity contribution in [2.24, 2.45) is 0 Å². The first-order valence-corrected chi connectivity index (χ1v) is 2.52. The molecule has 0 aliphatic carbocycles. The van der Waals surface area contributed by atoms with E-state index in [1.54, 1.807) is 0 Å². The Morgan fingerprint density at radius 2 is 2.40 bits per heavy atom. The lowest BCUT2D eigenvalue weighted by molar-refractivity contribution is 0.104. The van der Waals surface area contributed by atoms with Crippen molar-refractivity contribution in [1.82, 2.24) is 20.6 Å². The highest BCUT2D eigenvalue weighted by molar-refractivity contribution is 6.02. The van der Waals surface area contributed by atoms with E-state index in [2.05, 4.69) is 27.2 Å². The molecule has 0 saturated heterocycles. The second-order valence-corrected chi connectivity index (χ2v) is 1.48. The van der Waals surface area contributed by atoms with Crippen LogP contribution in [0, 0.1) is 0 Å². The van der Waals surface area contributed by atoms with Gasteiger partial charge in [0.1, 0.15) is 0 Å². The monoisotopic (exact) mass is 136 g/mol. The second-order valence-electron chi connectivity index (χ2n) is 1.48. The third kappa shape index (κ3) is 1.19. The minimum atomic E-state index is -0.303. The number of carbonyl (C=O) groups is 1. The van der Waals surface area contributed by atoms with Crippen LogP contribution in [0.15, 0.2) is 18.9 Å². The first kappa shape index (κ1) is 6.47. The topological polar surface area (TPSA) is 68.6 Å². The molecule has 1 aromatic rings. The lowest BCUT2D eigenvalue weighted by Gasteiger charge is -1.86. The quantitative estimate of drug-likeness (QED) is 0.410. The number of ketones is 1. The van der Waals surface area contributed by atoms with E-state index in [0.717, 1.165) is 6.08 Å². The predicted molar refractivity (Wildman–Crippen MR) is 32.1 cm³/mol. The summed E-state index contributed by atoms with van der Waals surface area (Å²) in [6.07, 6.45) is 2.38. The average molecular weight is 136 g/mol. The molecular formula is C5H4N4O. The summed E-state index contributed by atoms with van der Waals surface area (Å²) in [6, 6.07) is 0. The van der Waals surface area contributed by atoms with E-state index >= 15 is 0 Å². The maximum Gasteiger partial charge on any atom is 0.207 e. The van der Waals surface area contributed by atoms with Gasteiger partial charge in [-0.15, -0.1) is 10.2 Å². The van der Waals surface area contributed by atoms with Crippen LogP contribution in [0.4, 0.5) is 0 Å². The van der Waals surface area contributed by atoms with Crippen LogP contribution in [0.25, 0.3) is 0 Å². The van der Waals surface area contributed by atoms with Gasteiger partial charge in [0.05, 0.1) is 6.20 Å². The molecule has 5 nitrogen and oxygen atoms in total. The summed E-state index contributed by atoms with van der Waals surface area (Å²) in [5.74, 6) is -0.303. The zero-order valence-corrected chi connectivity index (χ0v) is 5.06. The molecule has 0 N–H and O–H groups in total. The van der Waals surface area contributed by atoms with E-state index < -0.39 is 0 Å². The summed E-state index contributed by atoms with van der Waals surface area (Å²) in [5.41, 5.74) is 0.157. The summed E-state index contributed by atoms with van der Waals surface area (Å²) in [5, 5.41) is 13.1. The summed E-state index contributed by atoms with van der Waals surface area (Å²) >= 11 is 0. The number of carbonyl (C=O) groups excluding carboxylic acids is 1. The van der Waals surface area contributed by atoms with Gasteiger partial charge in [-0.2, -0.15) is 0 Å². The second kappa shape index (κ2) is 2.77. The number of aromatic nitrogens is 4. The summed E-state index contributed by atoms with van der Waals surface area (Å²) in [6.45, 7) is 3.27. The van der Waals surface area contributed by atoms with Crippen molar-refractivity contribution in [1.29, 1.82) is 0 Å². The van der Waals surface area contributed by atoms with Crippen LogP contribution in [0.3, 0.4) is 0 Å². The standard InChI is InChI=1S/C5H4N4O/c1-2-5(10)4-3-6-8-9-7-4/h2-3H,1H2. The molecule has 1 aromatic heterocycles. The van der Waals surface area contributed by atoms with Crippen LogP contribution in [-0.2, 0) is 0 Å². The lowest BCUT2D eigenvalue weighted by Crippen LogP contribution is -2.02. The smallest absolute Gasteiger partial charge is 0.207 e. The Morgan fingerprint density at radius 3 is 2.90 bits per heavy atom. The van der Waals surface area contributed by atoms with Crippen LogP contribution < -0.4 is 0 Å². The minimum Gasteiger partial charge on any atom is -0.287 e. The third-order valence-electron chi connectivity index (χ3n) is 0.862. The van der Waals surface area contributed by atoms with Crippen LogP contribution >= 0.6 is 0 Å². The molecule has 1 heterocycles. The van der Waals surface area contributed by atoms with Crippen molar-refractivity contribution < 1.29 is 4.79 Å². The van der Waals surface area contributed by atoms with Gasteiger partial charge in [-0.05, 0) is 16.5 Å². The highest BCUT2D eigenvalue weighted by Gasteiger charge is 2.01. The zero-order valence-electron chi connectivity index (χ0n) is 5.06. The first-order valence-electron chi connectivity index (χ1n) is 2.52. The Morgan fingerprint density at radius 1 is 1.60 bits per heavy atom. The van der Waals surface area contributed by atoms with Crippen molar-refractivity contribution in [2.75, 3.05) is 0 Å². The maximum atomic E-state index is 10.7. The molecule has 0 bridgehead atoms. The first-order chi connectivity index (χ1) is 4.84. The summed E-state index contributed by atoms with van der Waals surface area (Å²) < 4.78 is 0. The molecule has 0 fully saturated rings. The molecule has 0 amide bonds. The molecule has 0 aliphatic rings. The molecule has 0 spiro atoms. The normalized spacial score (nSPS) is 8.80. The van der Waals surface area contributed by atoms with Crippen LogP contribution in [0.1, 0.15) is 10.5 Å².